The first-order chi connectivity index (χ1) is 12.2. The highest BCUT2D eigenvalue weighted by Gasteiger charge is 2.31. The first kappa shape index (κ1) is 17.0. The van der Waals surface area contributed by atoms with Crippen molar-refractivity contribution in [3.05, 3.63) is 65.7 Å². The van der Waals surface area contributed by atoms with Crippen LogP contribution in [0.5, 0.6) is 5.75 Å². The van der Waals surface area contributed by atoms with E-state index in [1.807, 2.05) is 25.1 Å². The van der Waals surface area contributed by atoms with E-state index in [1.54, 1.807) is 36.4 Å². The molecule has 1 atom stereocenters. The Labute approximate surface area is 147 Å². The van der Waals surface area contributed by atoms with Crippen LogP contribution in [0.2, 0.25) is 0 Å². The standard InChI is InChI=1S/C20H21NO4/c1-2-24-17-11-7-6-10-16(17)20(23)25-18(14-8-4-3-5-9-14)19(22)21-15-12-13-15/h3-11,15,18H,2,12-13H2,1H3,(H,21,22)/t18-/m0/s1. The van der Waals surface area contributed by atoms with E-state index in [2.05, 4.69) is 5.32 Å². The zero-order valence-electron chi connectivity index (χ0n) is 14.1. The van der Waals surface area contributed by atoms with E-state index in [0.29, 0.717) is 23.5 Å². The highest BCUT2D eigenvalue weighted by molar-refractivity contribution is 5.95. The average Bonchev–Trinajstić information content (AvgIpc) is 3.45. The molecule has 0 bridgehead atoms. The topological polar surface area (TPSA) is 64.6 Å². The molecule has 0 spiro atoms. The van der Waals surface area contributed by atoms with Crippen LogP contribution in [0, 0.1) is 0 Å². The maximum atomic E-state index is 12.6. The van der Waals surface area contributed by atoms with Crippen molar-refractivity contribution in [3.63, 3.8) is 0 Å². The molecule has 1 fully saturated rings. The molecule has 1 N–H and O–H groups in total. The van der Waals surface area contributed by atoms with Crippen LogP contribution in [0.15, 0.2) is 54.6 Å². The molecule has 0 radical (unpaired) electrons. The Bertz CT molecular complexity index is 740. The molecule has 1 amide bonds. The fourth-order valence-corrected chi connectivity index (χ4v) is 2.49. The molecule has 0 aromatic heterocycles. The number of rotatable bonds is 7. The van der Waals surface area contributed by atoms with Crippen molar-refractivity contribution < 1.29 is 19.1 Å². The predicted molar refractivity (Wildman–Crippen MR) is 93.4 cm³/mol. The van der Waals surface area contributed by atoms with Crippen LogP contribution >= 0.6 is 0 Å². The lowest BCUT2D eigenvalue weighted by molar-refractivity contribution is -0.130. The first-order valence-corrected chi connectivity index (χ1v) is 8.47. The van der Waals surface area contributed by atoms with Gasteiger partial charge >= 0.3 is 5.97 Å². The normalized spacial score (nSPS) is 14.4. The third-order valence-corrected chi connectivity index (χ3v) is 3.90. The number of hydrogen-bond acceptors (Lipinski definition) is 4. The van der Waals surface area contributed by atoms with Crippen LogP contribution in [-0.2, 0) is 9.53 Å². The average molecular weight is 339 g/mol. The Morgan fingerprint density at radius 2 is 1.76 bits per heavy atom. The summed E-state index contributed by atoms with van der Waals surface area (Å²) in [5, 5.41) is 2.90. The zero-order valence-corrected chi connectivity index (χ0v) is 14.1. The third-order valence-electron chi connectivity index (χ3n) is 3.90. The fraction of sp³-hybridized carbons (Fsp3) is 0.300. The Balaban J connectivity index is 1.82. The maximum Gasteiger partial charge on any atom is 0.343 e. The van der Waals surface area contributed by atoms with Gasteiger partial charge in [0.1, 0.15) is 11.3 Å². The van der Waals surface area contributed by atoms with Crippen LogP contribution in [-0.4, -0.2) is 24.5 Å². The van der Waals surface area contributed by atoms with E-state index in [0.717, 1.165) is 12.8 Å². The van der Waals surface area contributed by atoms with E-state index < -0.39 is 12.1 Å². The van der Waals surface area contributed by atoms with Crippen LogP contribution in [0.25, 0.3) is 0 Å². The van der Waals surface area contributed by atoms with E-state index in [4.69, 9.17) is 9.47 Å². The van der Waals surface area contributed by atoms with E-state index in [-0.39, 0.29) is 11.9 Å². The second-order valence-electron chi connectivity index (χ2n) is 5.91. The number of hydrogen-bond donors (Lipinski definition) is 1. The van der Waals surface area contributed by atoms with Gasteiger partial charge in [-0.1, -0.05) is 42.5 Å². The summed E-state index contributed by atoms with van der Waals surface area (Å²) in [6.07, 6.45) is 0.951. The van der Waals surface area contributed by atoms with Crippen molar-refractivity contribution in [2.24, 2.45) is 0 Å². The van der Waals surface area contributed by atoms with Crippen molar-refractivity contribution in [2.75, 3.05) is 6.61 Å². The van der Waals surface area contributed by atoms with Gasteiger partial charge in [0.25, 0.3) is 5.91 Å². The Kier molecular flexibility index (Phi) is 5.33. The molecular weight excluding hydrogens is 318 g/mol. The van der Waals surface area contributed by atoms with Gasteiger partial charge in [-0.25, -0.2) is 4.79 Å². The molecular formula is C20H21NO4. The second kappa shape index (κ2) is 7.83. The molecule has 5 heteroatoms. The lowest BCUT2D eigenvalue weighted by Gasteiger charge is -2.19. The minimum atomic E-state index is -0.982. The quantitative estimate of drug-likeness (QED) is 0.787. The number of benzene rings is 2. The number of amides is 1. The Hall–Kier alpha value is -2.82. The highest BCUT2D eigenvalue weighted by atomic mass is 16.6. The summed E-state index contributed by atoms with van der Waals surface area (Å²) in [4.78, 5) is 25.2. The van der Waals surface area contributed by atoms with Crippen molar-refractivity contribution in [2.45, 2.75) is 31.9 Å². The van der Waals surface area contributed by atoms with Gasteiger partial charge in [-0.3, -0.25) is 4.79 Å². The van der Waals surface area contributed by atoms with Gasteiger partial charge in [-0.2, -0.15) is 0 Å². The van der Waals surface area contributed by atoms with Gasteiger partial charge in [0.2, 0.25) is 6.10 Å². The molecule has 130 valence electrons. The molecule has 3 rings (SSSR count). The Morgan fingerprint density at radius 1 is 1.08 bits per heavy atom. The van der Waals surface area contributed by atoms with Crippen LogP contribution in [0.3, 0.4) is 0 Å². The van der Waals surface area contributed by atoms with Gasteiger partial charge in [-0.15, -0.1) is 0 Å². The third kappa shape index (κ3) is 4.38. The number of ether oxygens (including phenoxy) is 2. The summed E-state index contributed by atoms with van der Waals surface area (Å²) in [6, 6.07) is 16.1. The fourth-order valence-electron chi connectivity index (χ4n) is 2.49. The SMILES string of the molecule is CCOc1ccccc1C(=O)O[C@H](C(=O)NC1CC1)c1ccccc1. The summed E-state index contributed by atoms with van der Waals surface area (Å²) in [5.41, 5.74) is 0.951. The van der Waals surface area contributed by atoms with E-state index in [1.165, 1.54) is 0 Å². The summed E-state index contributed by atoms with van der Waals surface area (Å²) in [5.74, 6) is -0.427. The van der Waals surface area contributed by atoms with Crippen molar-refractivity contribution in [1.82, 2.24) is 5.32 Å². The number of para-hydroxylation sites is 1. The predicted octanol–water partition coefficient (Wildman–Crippen LogP) is 3.26. The van der Waals surface area contributed by atoms with Crippen molar-refractivity contribution >= 4 is 11.9 Å². The number of esters is 1. The van der Waals surface area contributed by atoms with Gasteiger partial charge < -0.3 is 14.8 Å². The van der Waals surface area contributed by atoms with Gasteiger partial charge in [0.05, 0.1) is 6.61 Å². The van der Waals surface area contributed by atoms with Crippen LogP contribution < -0.4 is 10.1 Å². The Morgan fingerprint density at radius 3 is 2.44 bits per heavy atom. The van der Waals surface area contributed by atoms with Gasteiger partial charge in [-0.05, 0) is 31.9 Å². The molecule has 5 nitrogen and oxygen atoms in total. The largest absolute Gasteiger partial charge is 0.493 e. The van der Waals surface area contributed by atoms with Gasteiger partial charge in [0, 0.05) is 11.6 Å². The summed E-state index contributed by atoms with van der Waals surface area (Å²) >= 11 is 0. The molecule has 1 aliphatic carbocycles. The van der Waals surface area contributed by atoms with Crippen LogP contribution in [0.1, 0.15) is 41.8 Å². The summed E-state index contributed by atoms with van der Waals surface area (Å²) in [7, 11) is 0. The molecule has 2 aromatic rings. The summed E-state index contributed by atoms with van der Waals surface area (Å²) in [6.45, 7) is 2.28. The molecule has 0 aliphatic heterocycles. The number of carbonyl (C=O) groups is 2. The molecule has 2 aromatic carbocycles. The van der Waals surface area contributed by atoms with E-state index >= 15 is 0 Å². The summed E-state index contributed by atoms with van der Waals surface area (Å²) < 4.78 is 11.0. The molecule has 0 saturated heterocycles. The molecule has 25 heavy (non-hydrogen) atoms. The smallest absolute Gasteiger partial charge is 0.343 e. The van der Waals surface area contributed by atoms with Gasteiger partial charge in [0.15, 0.2) is 0 Å². The molecule has 0 unspecified atom stereocenters. The monoisotopic (exact) mass is 339 g/mol. The maximum absolute atomic E-state index is 12.6. The molecule has 0 heterocycles. The van der Waals surface area contributed by atoms with E-state index in [9.17, 15) is 9.59 Å². The second-order valence-corrected chi connectivity index (χ2v) is 5.91. The van der Waals surface area contributed by atoms with Crippen molar-refractivity contribution in [1.29, 1.82) is 0 Å². The number of nitrogens with one attached hydrogen (secondary N) is 1. The minimum Gasteiger partial charge on any atom is -0.493 e. The minimum absolute atomic E-state index is 0.188. The highest BCUT2D eigenvalue weighted by Crippen LogP contribution is 2.26. The zero-order chi connectivity index (χ0) is 17.6. The lowest BCUT2D eigenvalue weighted by atomic mass is 10.1. The van der Waals surface area contributed by atoms with Crippen molar-refractivity contribution in [3.8, 4) is 5.75 Å². The van der Waals surface area contributed by atoms with Crippen LogP contribution in [0.4, 0.5) is 0 Å². The first-order valence-electron chi connectivity index (χ1n) is 8.47. The molecule has 1 saturated carbocycles. The lowest BCUT2D eigenvalue weighted by Crippen LogP contribution is -2.33. The molecule has 1 aliphatic rings. The number of carbonyl (C=O) groups excluding carboxylic acids is 2.